The Bertz CT molecular complexity index is 2150. The second-order valence-corrected chi connectivity index (χ2v) is 14.9. The van der Waals surface area contributed by atoms with E-state index in [1.165, 1.54) is 18.9 Å². The van der Waals surface area contributed by atoms with Crippen molar-refractivity contribution in [1.29, 1.82) is 0 Å². The van der Waals surface area contributed by atoms with Crippen LogP contribution in [0.4, 0.5) is 0 Å². The summed E-state index contributed by atoms with van der Waals surface area (Å²) in [5.74, 6) is -3.08. The van der Waals surface area contributed by atoms with Crippen LogP contribution in [0.15, 0.2) is 84.9 Å². The number of carbonyl (C=O) groups is 5. The average molecular weight is 842 g/mol. The summed E-state index contributed by atoms with van der Waals surface area (Å²) in [7, 11) is 1.44. The summed E-state index contributed by atoms with van der Waals surface area (Å²) in [6.07, 6.45) is 1.20. The molecule has 4 amide bonds. The number of amides is 4. The molecule has 4 aromatic carbocycles. The van der Waals surface area contributed by atoms with Crippen LogP contribution >= 0.6 is 11.6 Å². The summed E-state index contributed by atoms with van der Waals surface area (Å²) >= 11 is 6.05. The van der Waals surface area contributed by atoms with Crippen LogP contribution in [0.25, 0.3) is 22.3 Å². The van der Waals surface area contributed by atoms with E-state index in [0.717, 1.165) is 11.1 Å². The Kier molecular flexibility index (Phi) is 16.0. The van der Waals surface area contributed by atoms with E-state index < -0.39 is 53.8 Å². The van der Waals surface area contributed by atoms with Gasteiger partial charge in [-0.2, -0.15) is 0 Å². The molecule has 0 radical (unpaired) electrons. The number of ether oxygens (including phenoxy) is 2. The molecule has 1 unspecified atom stereocenters. The van der Waals surface area contributed by atoms with Gasteiger partial charge >= 0.3 is 5.97 Å². The van der Waals surface area contributed by atoms with Gasteiger partial charge in [0, 0.05) is 48.3 Å². The number of hydrogen-bond acceptors (Lipinski definition) is 10. The van der Waals surface area contributed by atoms with Crippen molar-refractivity contribution in [2.45, 2.75) is 56.8 Å². The third-order valence-corrected chi connectivity index (χ3v) is 10.3. The second-order valence-electron chi connectivity index (χ2n) is 14.4. The van der Waals surface area contributed by atoms with E-state index in [9.17, 15) is 29.1 Å². The van der Waals surface area contributed by atoms with Crippen LogP contribution in [0, 0.1) is 0 Å². The molecular formula is C44H52ClN7O8. The topological polar surface area (TPSA) is 241 Å². The van der Waals surface area contributed by atoms with Crippen molar-refractivity contribution in [2.75, 3.05) is 39.9 Å². The molecule has 0 aliphatic carbocycles. The maximum absolute atomic E-state index is 14.6. The van der Waals surface area contributed by atoms with E-state index in [2.05, 4.69) is 16.0 Å². The average Bonchev–Trinajstić information content (AvgIpc) is 3.24. The summed E-state index contributed by atoms with van der Waals surface area (Å²) in [4.78, 5) is 69.9. The molecule has 4 atom stereocenters. The summed E-state index contributed by atoms with van der Waals surface area (Å²) in [6.45, 7) is 2.48. The molecule has 16 heteroatoms. The monoisotopic (exact) mass is 841 g/mol. The fourth-order valence-corrected chi connectivity index (χ4v) is 7.02. The first-order chi connectivity index (χ1) is 28.8. The van der Waals surface area contributed by atoms with Gasteiger partial charge < -0.3 is 52.6 Å². The zero-order valence-corrected chi connectivity index (χ0v) is 34.4. The van der Waals surface area contributed by atoms with Gasteiger partial charge in [-0.05, 0) is 104 Å². The number of nitrogens with two attached hydrogens (primary N) is 3. The van der Waals surface area contributed by atoms with Crippen molar-refractivity contribution in [3.05, 3.63) is 107 Å². The van der Waals surface area contributed by atoms with Gasteiger partial charge in [-0.3, -0.25) is 19.2 Å². The highest BCUT2D eigenvalue weighted by atomic mass is 35.5. The number of nitrogens with zero attached hydrogens (tertiary/aromatic N) is 1. The number of fused-ring (bicyclic) bond motifs is 5. The molecule has 5 rings (SSSR count). The number of carboxylic acids is 1. The Labute approximate surface area is 353 Å². The van der Waals surface area contributed by atoms with Crippen LogP contribution in [0.5, 0.6) is 11.5 Å². The standard InChI is InChI=1S/C44H52ClN7O8/c1-26-40(53)51-36(44(57)58)24-27-6-16-37(59-21-19-47)33(23-27)34-25-31(13-17-38(34)60-22-20-48)39(42(55)49-26)52(2)43(56)35(5-3-4-18-46)50-41(54)30-9-7-28(8-10-30)29-11-14-32(45)15-12-29/h6-17,23,25-26,35-36,39H,3-5,18-22,24,46-48H2,1-2H3,(H,49,55)(H,50,54)(H,51,53)(H,57,58)/t26-,35-,36-,39?/m0/s1. The van der Waals surface area contributed by atoms with Crippen LogP contribution in [0.1, 0.15) is 53.7 Å². The molecule has 10 N–H and O–H groups in total. The summed E-state index contributed by atoms with van der Waals surface area (Å²) in [5, 5.41) is 18.8. The van der Waals surface area contributed by atoms with Crippen molar-refractivity contribution in [3.63, 3.8) is 0 Å². The lowest BCUT2D eigenvalue weighted by Crippen LogP contribution is -2.54. The van der Waals surface area contributed by atoms with Gasteiger partial charge in [0.1, 0.15) is 48.9 Å². The van der Waals surface area contributed by atoms with Gasteiger partial charge in [-0.1, -0.05) is 48.0 Å². The zero-order valence-electron chi connectivity index (χ0n) is 33.6. The Morgan fingerprint density at radius 3 is 2.02 bits per heavy atom. The Morgan fingerprint density at radius 1 is 0.817 bits per heavy atom. The minimum absolute atomic E-state index is 0.0891. The van der Waals surface area contributed by atoms with Crippen LogP contribution in [-0.4, -0.2) is 97.6 Å². The molecular weight excluding hydrogens is 790 g/mol. The predicted molar refractivity (Wildman–Crippen MR) is 228 cm³/mol. The molecule has 60 heavy (non-hydrogen) atoms. The van der Waals surface area contributed by atoms with Gasteiger partial charge in [0.25, 0.3) is 5.91 Å². The number of aliphatic carboxylic acids is 1. The first kappa shape index (κ1) is 45.1. The van der Waals surface area contributed by atoms with Crippen molar-refractivity contribution < 1.29 is 38.6 Å². The Balaban J connectivity index is 1.57. The fourth-order valence-electron chi connectivity index (χ4n) is 6.89. The van der Waals surface area contributed by atoms with Gasteiger partial charge in [0.05, 0.1) is 0 Å². The second kappa shape index (κ2) is 21.3. The third kappa shape index (κ3) is 11.4. The summed E-state index contributed by atoms with van der Waals surface area (Å²) in [5.41, 5.74) is 21.3. The quantitative estimate of drug-likeness (QED) is 0.0807. The molecule has 0 spiro atoms. The van der Waals surface area contributed by atoms with E-state index in [1.54, 1.807) is 72.8 Å². The largest absolute Gasteiger partial charge is 0.492 e. The molecule has 0 saturated heterocycles. The molecule has 1 aliphatic rings. The molecule has 0 fully saturated rings. The summed E-state index contributed by atoms with van der Waals surface area (Å²) in [6, 6.07) is 19.3. The van der Waals surface area contributed by atoms with Crippen LogP contribution in [0.2, 0.25) is 5.02 Å². The highest BCUT2D eigenvalue weighted by molar-refractivity contribution is 6.30. The molecule has 1 aliphatic heterocycles. The lowest BCUT2D eigenvalue weighted by Gasteiger charge is -2.32. The van der Waals surface area contributed by atoms with Gasteiger partial charge in [-0.25, -0.2) is 4.79 Å². The van der Waals surface area contributed by atoms with Gasteiger partial charge in [-0.15, -0.1) is 0 Å². The van der Waals surface area contributed by atoms with Crippen LogP contribution in [0.3, 0.4) is 0 Å². The number of unbranched alkanes of at least 4 members (excludes halogenated alkanes) is 1. The first-order valence-electron chi connectivity index (χ1n) is 19.7. The van der Waals surface area contributed by atoms with Gasteiger partial charge in [0.15, 0.2) is 0 Å². The number of carboxylic acid groups (broad SMARTS) is 1. The maximum atomic E-state index is 14.6. The molecule has 318 valence electrons. The first-order valence-corrected chi connectivity index (χ1v) is 20.1. The number of carbonyl (C=O) groups excluding carboxylic acids is 4. The van der Waals surface area contributed by atoms with Crippen LogP contribution < -0.4 is 42.6 Å². The number of benzene rings is 4. The minimum Gasteiger partial charge on any atom is -0.492 e. The molecule has 4 aromatic rings. The lowest BCUT2D eigenvalue weighted by atomic mass is 9.93. The number of rotatable bonds is 16. The zero-order chi connectivity index (χ0) is 43.3. The minimum atomic E-state index is -1.36. The highest BCUT2D eigenvalue weighted by Gasteiger charge is 2.36. The Hall–Kier alpha value is -6.00. The SMILES string of the molecule is C[C@@H]1NC(=O)C(N(C)C(=O)[C@H](CCCCN)NC(=O)c2ccc(-c3ccc(Cl)cc3)cc2)c2ccc(OCCN)c(c2)-c2cc(ccc2OCCN)C[C@@H](C(=O)O)NC1=O. The molecule has 0 aromatic heterocycles. The molecule has 15 nitrogen and oxygen atoms in total. The van der Waals surface area contributed by atoms with Crippen molar-refractivity contribution in [2.24, 2.45) is 17.2 Å². The van der Waals surface area contributed by atoms with Crippen molar-refractivity contribution in [3.8, 4) is 33.8 Å². The van der Waals surface area contributed by atoms with Crippen molar-refractivity contribution >= 4 is 41.2 Å². The lowest BCUT2D eigenvalue weighted by molar-refractivity contribution is -0.143. The third-order valence-electron chi connectivity index (χ3n) is 10.1. The number of halogens is 1. The van der Waals surface area contributed by atoms with E-state index >= 15 is 0 Å². The van der Waals surface area contributed by atoms with Crippen molar-refractivity contribution in [1.82, 2.24) is 20.9 Å². The molecule has 0 saturated carbocycles. The molecule has 4 bridgehead atoms. The fraction of sp³-hybridized carbons (Fsp3) is 0.341. The number of hydrogen-bond donors (Lipinski definition) is 7. The normalized spacial score (nSPS) is 17.0. The van der Waals surface area contributed by atoms with Gasteiger partial charge in [0.2, 0.25) is 17.7 Å². The smallest absolute Gasteiger partial charge is 0.326 e. The Morgan fingerprint density at radius 2 is 1.42 bits per heavy atom. The summed E-state index contributed by atoms with van der Waals surface area (Å²) < 4.78 is 12.1. The number of nitrogens with one attached hydrogen (secondary N) is 3. The van der Waals surface area contributed by atoms with E-state index in [0.29, 0.717) is 63.7 Å². The van der Waals surface area contributed by atoms with E-state index in [4.69, 9.17) is 38.3 Å². The van der Waals surface area contributed by atoms with Crippen LogP contribution in [-0.2, 0) is 25.6 Å². The maximum Gasteiger partial charge on any atom is 0.326 e. The van der Waals surface area contributed by atoms with E-state index in [1.807, 2.05) is 12.1 Å². The predicted octanol–water partition coefficient (Wildman–Crippen LogP) is 3.41. The highest BCUT2D eigenvalue weighted by Crippen LogP contribution is 2.40. The van der Waals surface area contributed by atoms with E-state index in [-0.39, 0.29) is 39.1 Å². The number of likely N-dealkylation sites (N-methyl/N-ethyl adjacent to an activating group) is 1. The molecule has 1 heterocycles.